The molecule has 0 spiro atoms. The smallest absolute Gasteiger partial charge is 0.251 e. The second kappa shape index (κ2) is 7.56. The number of rotatable bonds is 6. The number of hydrogen-bond acceptors (Lipinski definition) is 5. The third kappa shape index (κ3) is 4.12. The van der Waals surface area contributed by atoms with E-state index < -0.39 is 10.0 Å². The zero-order valence-electron chi connectivity index (χ0n) is 14.8. The quantitative estimate of drug-likeness (QED) is 0.671. The van der Waals surface area contributed by atoms with E-state index in [1.54, 1.807) is 30.1 Å². The Balaban J connectivity index is 1.71. The van der Waals surface area contributed by atoms with Gasteiger partial charge in [0.25, 0.3) is 5.91 Å². The van der Waals surface area contributed by atoms with E-state index in [0.29, 0.717) is 5.56 Å². The molecule has 0 saturated carbocycles. The van der Waals surface area contributed by atoms with Gasteiger partial charge in [0.15, 0.2) is 0 Å². The average Bonchev–Trinajstić information content (AvgIpc) is 3.24. The molecule has 2 aromatic rings. The van der Waals surface area contributed by atoms with E-state index in [-0.39, 0.29) is 23.4 Å². The van der Waals surface area contributed by atoms with E-state index >= 15 is 0 Å². The maximum absolute atomic E-state index is 12.6. The molecular weight excluding hydrogens is 354 g/mol. The summed E-state index contributed by atoms with van der Waals surface area (Å²) in [6, 6.07) is 6.14. The third-order valence-corrected chi connectivity index (χ3v) is 5.99. The van der Waals surface area contributed by atoms with Gasteiger partial charge in [0.05, 0.1) is 11.1 Å². The van der Waals surface area contributed by atoms with Crippen LogP contribution < -0.4 is 15.4 Å². The lowest BCUT2D eigenvalue weighted by atomic mass is 10.2. The summed E-state index contributed by atoms with van der Waals surface area (Å²) in [5, 5.41) is 10.2. The van der Waals surface area contributed by atoms with Crippen molar-refractivity contribution in [3.8, 4) is 0 Å². The van der Waals surface area contributed by atoms with Crippen LogP contribution in [0.1, 0.15) is 28.0 Å². The van der Waals surface area contributed by atoms with Crippen molar-refractivity contribution in [2.24, 2.45) is 7.05 Å². The van der Waals surface area contributed by atoms with Crippen molar-refractivity contribution in [1.29, 1.82) is 0 Å². The summed E-state index contributed by atoms with van der Waals surface area (Å²) in [5.74, 6) is -0.265. The van der Waals surface area contributed by atoms with Crippen molar-refractivity contribution in [3.05, 3.63) is 47.3 Å². The Kier molecular flexibility index (Phi) is 5.40. The van der Waals surface area contributed by atoms with Gasteiger partial charge in [-0.15, -0.1) is 0 Å². The van der Waals surface area contributed by atoms with Crippen LogP contribution in [0, 0.1) is 6.92 Å². The maximum atomic E-state index is 12.6. The Labute approximate surface area is 153 Å². The predicted octanol–water partition coefficient (Wildman–Crippen LogP) is 0.299. The monoisotopic (exact) mass is 377 g/mol. The number of nitrogens with zero attached hydrogens (tertiary/aromatic N) is 2. The number of nitrogens with one attached hydrogen (secondary N) is 3. The van der Waals surface area contributed by atoms with Gasteiger partial charge in [-0.05, 0) is 38.1 Å². The lowest BCUT2D eigenvalue weighted by Crippen LogP contribution is -2.36. The van der Waals surface area contributed by atoms with E-state index in [9.17, 15) is 13.2 Å². The van der Waals surface area contributed by atoms with Crippen molar-refractivity contribution < 1.29 is 13.2 Å². The molecule has 0 unspecified atom stereocenters. The summed E-state index contributed by atoms with van der Waals surface area (Å²) in [6.45, 7) is 3.62. The number of aromatic nitrogens is 2. The zero-order valence-corrected chi connectivity index (χ0v) is 15.6. The molecular formula is C17H23N5O3S. The summed E-state index contributed by atoms with van der Waals surface area (Å²) in [6.07, 6.45) is 2.51. The number of benzene rings is 1. The Morgan fingerprint density at radius 2 is 2.23 bits per heavy atom. The molecule has 1 saturated heterocycles. The van der Waals surface area contributed by atoms with Crippen molar-refractivity contribution in [1.82, 2.24) is 25.1 Å². The van der Waals surface area contributed by atoms with Gasteiger partial charge < -0.3 is 10.6 Å². The van der Waals surface area contributed by atoms with Crippen LogP contribution in [-0.4, -0.2) is 43.2 Å². The first-order chi connectivity index (χ1) is 12.4. The number of hydrogen-bond donors (Lipinski definition) is 3. The van der Waals surface area contributed by atoms with Crippen LogP contribution in [0.3, 0.4) is 0 Å². The molecule has 2 heterocycles. The van der Waals surface area contributed by atoms with Crippen LogP contribution in [0.5, 0.6) is 0 Å². The molecule has 1 aromatic heterocycles. The fourth-order valence-electron chi connectivity index (χ4n) is 2.82. The van der Waals surface area contributed by atoms with Crippen molar-refractivity contribution >= 4 is 15.9 Å². The van der Waals surface area contributed by atoms with Crippen LogP contribution in [0.25, 0.3) is 0 Å². The van der Waals surface area contributed by atoms with Crippen LogP contribution in [-0.2, 0) is 23.6 Å². The van der Waals surface area contributed by atoms with Crippen molar-refractivity contribution in [3.63, 3.8) is 0 Å². The van der Waals surface area contributed by atoms with Gasteiger partial charge in [0.1, 0.15) is 0 Å². The van der Waals surface area contributed by atoms with Crippen molar-refractivity contribution in [2.75, 3.05) is 13.1 Å². The van der Waals surface area contributed by atoms with Gasteiger partial charge in [-0.25, -0.2) is 13.1 Å². The molecule has 3 N–H and O–H groups in total. The van der Waals surface area contributed by atoms with Crippen molar-refractivity contribution in [2.45, 2.75) is 30.8 Å². The molecule has 1 amide bonds. The Bertz CT molecular complexity index is 901. The highest BCUT2D eigenvalue weighted by Crippen LogP contribution is 2.14. The largest absolute Gasteiger partial charge is 0.348 e. The van der Waals surface area contributed by atoms with Gasteiger partial charge in [-0.3, -0.25) is 9.48 Å². The van der Waals surface area contributed by atoms with Crippen LogP contribution in [0.15, 0.2) is 35.4 Å². The Morgan fingerprint density at radius 3 is 2.88 bits per heavy atom. The summed E-state index contributed by atoms with van der Waals surface area (Å²) in [5.41, 5.74) is 2.03. The lowest BCUT2D eigenvalue weighted by Gasteiger charge is -2.12. The van der Waals surface area contributed by atoms with Crippen LogP contribution >= 0.6 is 0 Å². The van der Waals surface area contributed by atoms with Gasteiger partial charge >= 0.3 is 0 Å². The highest BCUT2D eigenvalue weighted by Gasteiger charge is 2.20. The first kappa shape index (κ1) is 18.6. The third-order valence-electron chi connectivity index (χ3n) is 4.59. The zero-order chi connectivity index (χ0) is 18.7. The number of aryl methyl sites for hydroxylation is 1. The summed E-state index contributed by atoms with van der Waals surface area (Å²) in [7, 11) is -1.93. The van der Waals surface area contributed by atoms with Gasteiger partial charge in [-0.2, -0.15) is 5.10 Å². The molecule has 1 aliphatic heterocycles. The maximum Gasteiger partial charge on any atom is 0.251 e. The Hall–Kier alpha value is -2.23. The van der Waals surface area contributed by atoms with Crippen LogP contribution in [0.2, 0.25) is 0 Å². The van der Waals surface area contributed by atoms with Gasteiger partial charge in [0.2, 0.25) is 10.0 Å². The fraction of sp³-hybridized carbons (Fsp3) is 0.412. The minimum Gasteiger partial charge on any atom is -0.348 e. The summed E-state index contributed by atoms with van der Waals surface area (Å²) in [4.78, 5) is 12.4. The minimum atomic E-state index is -3.73. The molecule has 8 nitrogen and oxygen atoms in total. The normalized spacial score (nSPS) is 17.4. The molecule has 9 heteroatoms. The van der Waals surface area contributed by atoms with Crippen LogP contribution in [0.4, 0.5) is 0 Å². The minimum absolute atomic E-state index is 0.0660. The standard InChI is InChI=1S/C17H23N5O3S/c1-12-14(9-19-22(12)2)10-20-26(24,25)16-5-3-4-13(8-16)17(23)21-15-6-7-18-11-15/h3-5,8-9,15,18,20H,6-7,10-11H2,1-2H3,(H,21,23)/t15-/m1/s1. The molecule has 26 heavy (non-hydrogen) atoms. The Morgan fingerprint density at radius 1 is 1.42 bits per heavy atom. The van der Waals surface area contributed by atoms with E-state index in [1.807, 2.05) is 6.92 Å². The molecule has 1 aromatic carbocycles. The average molecular weight is 377 g/mol. The molecule has 0 aliphatic carbocycles. The highest BCUT2D eigenvalue weighted by molar-refractivity contribution is 7.89. The number of sulfonamides is 1. The SMILES string of the molecule is Cc1c(CNS(=O)(=O)c2cccc(C(=O)N[C@@H]3CCNC3)c2)cnn1C. The van der Waals surface area contributed by atoms with Gasteiger partial charge in [0, 0.05) is 43.0 Å². The molecule has 3 rings (SSSR count). The van der Waals surface area contributed by atoms with E-state index in [0.717, 1.165) is 30.8 Å². The highest BCUT2D eigenvalue weighted by atomic mass is 32.2. The fourth-order valence-corrected chi connectivity index (χ4v) is 3.88. The molecule has 0 radical (unpaired) electrons. The number of carbonyl (C=O) groups excluding carboxylic acids is 1. The summed E-state index contributed by atoms with van der Waals surface area (Å²) >= 11 is 0. The molecule has 0 bridgehead atoms. The number of carbonyl (C=O) groups is 1. The number of amides is 1. The second-order valence-electron chi connectivity index (χ2n) is 6.39. The molecule has 1 aliphatic rings. The molecule has 1 fully saturated rings. The van der Waals surface area contributed by atoms with E-state index in [2.05, 4.69) is 20.5 Å². The van der Waals surface area contributed by atoms with E-state index in [1.165, 1.54) is 12.1 Å². The topological polar surface area (TPSA) is 105 Å². The molecule has 1 atom stereocenters. The van der Waals surface area contributed by atoms with E-state index in [4.69, 9.17) is 0 Å². The summed E-state index contributed by atoms with van der Waals surface area (Å²) < 4.78 is 29.4. The first-order valence-electron chi connectivity index (χ1n) is 8.45. The molecule has 140 valence electrons. The lowest BCUT2D eigenvalue weighted by molar-refractivity contribution is 0.0940. The second-order valence-corrected chi connectivity index (χ2v) is 8.16. The predicted molar refractivity (Wildman–Crippen MR) is 97.2 cm³/mol. The van der Waals surface area contributed by atoms with Gasteiger partial charge in [-0.1, -0.05) is 6.07 Å². The first-order valence-corrected chi connectivity index (χ1v) is 9.94.